The van der Waals surface area contributed by atoms with E-state index < -0.39 is 10.0 Å². The topological polar surface area (TPSA) is 76.9 Å². The van der Waals surface area contributed by atoms with E-state index in [9.17, 15) is 8.42 Å². The first-order valence-corrected chi connectivity index (χ1v) is 7.71. The predicted molar refractivity (Wildman–Crippen MR) is 73.7 cm³/mol. The van der Waals surface area contributed by atoms with E-state index in [0.29, 0.717) is 12.1 Å². The molecule has 0 aliphatic rings. The maximum absolute atomic E-state index is 11.7. The normalized spacial score (nSPS) is 11.4. The fourth-order valence-electron chi connectivity index (χ4n) is 1.59. The van der Waals surface area contributed by atoms with Crippen molar-refractivity contribution >= 4 is 15.7 Å². The molecule has 0 amide bonds. The van der Waals surface area contributed by atoms with E-state index in [4.69, 9.17) is 0 Å². The van der Waals surface area contributed by atoms with Crippen LogP contribution < -0.4 is 4.72 Å². The van der Waals surface area contributed by atoms with Crippen LogP contribution in [0.3, 0.4) is 0 Å². The van der Waals surface area contributed by atoms with Crippen molar-refractivity contribution in [1.82, 2.24) is 14.8 Å². The Bertz CT molecular complexity index is 606. The molecule has 2 aromatic rings. The highest BCUT2D eigenvalue weighted by atomic mass is 32.2. The van der Waals surface area contributed by atoms with Gasteiger partial charge in [0.1, 0.15) is 12.7 Å². The number of rotatable bonds is 6. The average molecular weight is 280 g/mol. The van der Waals surface area contributed by atoms with Gasteiger partial charge in [0.05, 0.1) is 11.4 Å². The zero-order valence-corrected chi connectivity index (χ0v) is 11.5. The SMILES string of the molecule is CCCCS(=O)(=O)Nc1ccc(-n2cncn2)cc1. The first kappa shape index (κ1) is 13.5. The quantitative estimate of drug-likeness (QED) is 0.875. The molecule has 2 rings (SSSR count). The van der Waals surface area contributed by atoms with Crippen LogP contribution in [0.4, 0.5) is 5.69 Å². The van der Waals surface area contributed by atoms with Crippen LogP contribution in [-0.2, 0) is 10.0 Å². The number of unbranched alkanes of at least 4 members (excludes halogenated alkanes) is 1. The van der Waals surface area contributed by atoms with E-state index >= 15 is 0 Å². The standard InChI is InChI=1S/C12H16N4O2S/c1-2-3-8-19(17,18)15-11-4-6-12(7-5-11)16-10-13-9-14-16/h4-7,9-10,15H,2-3,8H2,1H3. The number of hydrogen-bond donors (Lipinski definition) is 1. The highest BCUT2D eigenvalue weighted by Gasteiger charge is 2.09. The van der Waals surface area contributed by atoms with Crippen molar-refractivity contribution in [3.8, 4) is 5.69 Å². The Morgan fingerprint density at radius 1 is 1.26 bits per heavy atom. The molecule has 1 aromatic heterocycles. The highest BCUT2D eigenvalue weighted by molar-refractivity contribution is 7.92. The lowest BCUT2D eigenvalue weighted by atomic mass is 10.3. The Balaban J connectivity index is 2.07. The van der Waals surface area contributed by atoms with Crippen molar-refractivity contribution in [2.24, 2.45) is 0 Å². The van der Waals surface area contributed by atoms with Crippen LogP contribution in [0.2, 0.25) is 0 Å². The molecule has 6 nitrogen and oxygen atoms in total. The number of aromatic nitrogens is 3. The summed E-state index contributed by atoms with van der Waals surface area (Å²) in [4.78, 5) is 3.85. The summed E-state index contributed by atoms with van der Waals surface area (Å²) in [5.74, 6) is 0.147. The number of nitrogens with zero attached hydrogens (tertiary/aromatic N) is 3. The summed E-state index contributed by atoms with van der Waals surface area (Å²) in [5.41, 5.74) is 1.38. The first-order chi connectivity index (χ1) is 9.11. The first-order valence-electron chi connectivity index (χ1n) is 6.06. The third-order valence-electron chi connectivity index (χ3n) is 2.59. The summed E-state index contributed by atoms with van der Waals surface area (Å²) in [6, 6.07) is 6.99. The Labute approximate surface area is 112 Å². The van der Waals surface area contributed by atoms with Gasteiger partial charge in [-0.2, -0.15) is 5.10 Å². The van der Waals surface area contributed by atoms with Gasteiger partial charge in [0.2, 0.25) is 10.0 Å². The molecule has 1 heterocycles. The van der Waals surface area contributed by atoms with Crippen molar-refractivity contribution in [1.29, 1.82) is 0 Å². The van der Waals surface area contributed by atoms with Gasteiger partial charge in [-0.05, 0) is 30.7 Å². The molecule has 0 aliphatic heterocycles. The van der Waals surface area contributed by atoms with Crippen molar-refractivity contribution in [3.05, 3.63) is 36.9 Å². The second-order valence-corrected chi connectivity index (χ2v) is 6.00. The summed E-state index contributed by atoms with van der Waals surface area (Å²) in [6.45, 7) is 1.96. The molecule has 0 aliphatic carbocycles. The van der Waals surface area contributed by atoms with Gasteiger partial charge in [-0.3, -0.25) is 4.72 Å². The lowest BCUT2D eigenvalue weighted by molar-refractivity contribution is 0.598. The summed E-state index contributed by atoms with van der Waals surface area (Å²) < 4.78 is 27.6. The lowest BCUT2D eigenvalue weighted by Crippen LogP contribution is -2.16. The summed E-state index contributed by atoms with van der Waals surface area (Å²) in [6.07, 6.45) is 4.54. The van der Waals surface area contributed by atoms with E-state index in [0.717, 1.165) is 12.1 Å². The van der Waals surface area contributed by atoms with Crippen LogP contribution in [0.25, 0.3) is 5.69 Å². The molecule has 0 radical (unpaired) electrons. The van der Waals surface area contributed by atoms with Gasteiger partial charge in [-0.25, -0.2) is 18.1 Å². The molecular formula is C12H16N4O2S. The Morgan fingerprint density at radius 2 is 2.00 bits per heavy atom. The molecule has 0 bridgehead atoms. The Hall–Kier alpha value is -1.89. The van der Waals surface area contributed by atoms with Crippen LogP contribution in [0, 0.1) is 0 Å². The van der Waals surface area contributed by atoms with Crippen LogP contribution in [0.1, 0.15) is 19.8 Å². The maximum atomic E-state index is 11.7. The zero-order valence-electron chi connectivity index (χ0n) is 10.7. The monoisotopic (exact) mass is 280 g/mol. The van der Waals surface area contributed by atoms with E-state index in [-0.39, 0.29) is 5.75 Å². The largest absolute Gasteiger partial charge is 0.284 e. The minimum atomic E-state index is -3.25. The molecule has 1 N–H and O–H groups in total. The second-order valence-electron chi connectivity index (χ2n) is 4.16. The molecule has 19 heavy (non-hydrogen) atoms. The van der Waals surface area contributed by atoms with Gasteiger partial charge < -0.3 is 0 Å². The predicted octanol–water partition coefficient (Wildman–Crippen LogP) is 1.81. The molecule has 1 aromatic carbocycles. The minimum absolute atomic E-state index is 0.147. The fraction of sp³-hybridized carbons (Fsp3) is 0.333. The highest BCUT2D eigenvalue weighted by Crippen LogP contribution is 2.14. The van der Waals surface area contributed by atoms with Crippen LogP contribution in [0.15, 0.2) is 36.9 Å². The van der Waals surface area contributed by atoms with Crippen molar-refractivity contribution < 1.29 is 8.42 Å². The van der Waals surface area contributed by atoms with Crippen LogP contribution in [-0.4, -0.2) is 28.9 Å². The van der Waals surface area contributed by atoms with Crippen molar-refractivity contribution in [2.75, 3.05) is 10.5 Å². The van der Waals surface area contributed by atoms with Crippen molar-refractivity contribution in [2.45, 2.75) is 19.8 Å². The Morgan fingerprint density at radius 3 is 2.58 bits per heavy atom. The van der Waals surface area contributed by atoms with Gasteiger partial charge in [0.25, 0.3) is 0 Å². The van der Waals surface area contributed by atoms with Gasteiger partial charge in [-0.15, -0.1) is 0 Å². The number of sulfonamides is 1. The second kappa shape index (κ2) is 5.83. The van der Waals surface area contributed by atoms with Gasteiger partial charge in [0, 0.05) is 5.69 Å². The Kier molecular flexibility index (Phi) is 4.16. The third-order valence-corrected chi connectivity index (χ3v) is 3.96. The van der Waals surface area contributed by atoms with E-state index in [1.807, 2.05) is 6.92 Å². The molecule has 0 spiro atoms. The van der Waals surface area contributed by atoms with Crippen LogP contribution >= 0.6 is 0 Å². The summed E-state index contributed by atoms with van der Waals surface area (Å²) >= 11 is 0. The van der Waals surface area contributed by atoms with E-state index in [1.54, 1.807) is 35.3 Å². The molecule has 7 heteroatoms. The fourth-order valence-corrected chi connectivity index (χ4v) is 2.85. The van der Waals surface area contributed by atoms with Gasteiger partial charge in [0.15, 0.2) is 0 Å². The molecule has 0 unspecified atom stereocenters. The number of hydrogen-bond acceptors (Lipinski definition) is 4. The van der Waals surface area contributed by atoms with Gasteiger partial charge >= 0.3 is 0 Å². The molecule has 0 saturated carbocycles. The molecule has 0 atom stereocenters. The van der Waals surface area contributed by atoms with Crippen molar-refractivity contribution in [3.63, 3.8) is 0 Å². The molecule has 0 saturated heterocycles. The average Bonchev–Trinajstić information content (AvgIpc) is 2.91. The number of benzene rings is 1. The number of nitrogens with one attached hydrogen (secondary N) is 1. The van der Waals surface area contributed by atoms with E-state index in [1.165, 1.54) is 6.33 Å². The zero-order chi connectivity index (χ0) is 13.7. The third kappa shape index (κ3) is 3.78. The molecule has 102 valence electrons. The summed E-state index contributed by atoms with van der Waals surface area (Å²) in [5, 5.41) is 4.00. The number of anilines is 1. The molecular weight excluding hydrogens is 264 g/mol. The van der Waals surface area contributed by atoms with E-state index in [2.05, 4.69) is 14.8 Å². The summed E-state index contributed by atoms with van der Waals surface area (Å²) in [7, 11) is -3.25. The van der Waals surface area contributed by atoms with Crippen LogP contribution in [0.5, 0.6) is 0 Å². The minimum Gasteiger partial charge on any atom is -0.284 e. The lowest BCUT2D eigenvalue weighted by Gasteiger charge is -2.08. The smallest absolute Gasteiger partial charge is 0.232 e. The maximum Gasteiger partial charge on any atom is 0.232 e. The molecule has 0 fully saturated rings. The van der Waals surface area contributed by atoms with Gasteiger partial charge in [-0.1, -0.05) is 13.3 Å².